The van der Waals surface area contributed by atoms with Crippen LogP contribution in [0.15, 0.2) is 17.8 Å². The molecule has 1 saturated heterocycles. The molecule has 0 spiro atoms. The standard InChI is InChI=1S/C15H24N4S/c1-13-5-2-3-7-18(13)8-4-6-16-11-14-12-19-9-10-20-15(19)17-14/h9-10,12-13,16H,2-8,11H2,1H3. The Balaban J connectivity index is 1.35. The zero-order valence-corrected chi connectivity index (χ0v) is 13.0. The highest BCUT2D eigenvalue weighted by molar-refractivity contribution is 7.15. The second kappa shape index (κ2) is 6.70. The van der Waals surface area contributed by atoms with Gasteiger partial charge in [0.05, 0.1) is 5.69 Å². The van der Waals surface area contributed by atoms with Gasteiger partial charge in [0.15, 0.2) is 4.96 Å². The van der Waals surface area contributed by atoms with Gasteiger partial charge in [0.25, 0.3) is 0 Å². The van der Waals surface area contributed by atoms with Crippen LogP contribution >= 0.6 is 11.3 Å². The summed E-state index contributed by atoms with van der Waals surface area (Å²) in [5, 5.41) is 5.58. The summed E-state index contributed by atoms with van der Waals surface area (Å²) in [5.41, 5.74) is 1.14. The summed E-state index contributed by atoms with van der Waals surface area (Å²) in [6, 6.07) is 0.781. The van der Waals surface area contributed by atoms with Crippen LogP contribution in [0.1, 0.15) is 38.3 Å². The monoisotopic (exact) mass is 292 g/mol. The van der Waals surface area contributed by atoms with Crippen LogP contribution in [0.2, 0.25) is 0 Å². The summed E-state index contributed by atoms with van der Waals surface area (Å²) in [6.45, 7) is 6.84. The van der Waals surface area contributed by atoms with Gasteiger partial charge in [-0.25, -0.2) is 4.98 Å². The third-order valence-electron chi connectivity index (χ3n) is 4.19. The Morgan fingerprint density at radius 3 is 3.25 bits per heavy atom. The van der Waals surface area contributed by atoms with Crippen molar-refractivity contribution >= 4 is 16.3 Å². The molecule has 1 fully saturated rings. The van der Waals surface area contributed by atoms with E-state index in [1.165, 1.54) is 38.8 Å². The van der Waals surface area contributed by atoms with Crippen LogP contribution in [0.3, 0.4) is 0 Å². The normalized spacial score (nSPS) is 20.8. The van der Waals surface area contributed by atoms with Gasteiger partial charge in [0.2, 0.25) is 0 Å². The van der Waals surface area contributed by atoms with Crippen molar-refractivity contribution in [3.8, 4) is 0 Å². The summed E-state index contributed by atoms with van der Waals surface area (Å²) in [6.07, 6.45) is 9.57. The number of rotatable bonds is 6. The number of hydrogen-bond donors (Lipinski definition) is 1. The molecule has 1 aliphatic rings. The molecule has 3 rings (SSSR count). The van der Waals surface area contributed by atoms with E-state index in [4.69, 9.17) is 0 Å². The topological polar surface area (TPSA) is 32.6 Å². The fraction of sp³-hybridized carbons (Fsp3) is 0.667. The number of piperidine rings is 1. The number of aromatic nitrogens is 2. The lowest BCUT2D eigenvalue weighted by atomic mass is 10.0. The molecule has 1 aliphatic heterocycles. The first-order valence-electron chi connectivity index (χ1n) is 7.69. The molecular formula is C15H24N4S. The van der Waals surface area contributed by atoms with E-state index in [2.05, 4.69) is 44.3 Å². The van der Waals surface area contributed by atoms with Gasteiger partial charge in [0, 0.05) is 30.4 Å². The average molecular weight is 292 g/mol. The smallest absolute Gasteiger partial charge is 0.193 e. The molecule has 1 N–H and O–H groups in total. The quantitative estimate of drug-likeness (QED) is 0.831. The lowest BCUT2D eigenvalue weighted by Gasteiger charge is -2.33. The Morgan fingerprint density at radius 1 is 1.45 bits per heavy atom. The van der Waals surface area contributed by atoms with Gasteiger partial charge in [0.1, 0.15) is 0 Å². The molecule has 0 saturated carbocycles. The van der Waals surface area contributed by atoms with Crippen molar-refractivity contribution in [2.75, 3.05) is 19.6 Å². The van der Waals surface area contributed by atoms with Crippen LogP contribution in [-0.4, -0.2) is 40.0 Å². The van der Waals surface area contributed by atoms with Crippen molar-refractivity contribution < 1.29 is 0 Å². The first kappa shape index (κ1) is 14.0. The summed E-state index contributed by atoms with van der Waals surface area (Å²) in [4.78, 5) is 8.30. The van der Waals surface area contributed by atoms with Gasteiger partial charge in [-0.1, -0.05) is 6.42 Å². The predicted molar refractivity (Wildman–Crippen MR) is 84.3 cm³/mol. The molecule has 110 valence electrons. The third kappa shape index (κ3) is 3.40. The van der Waals surface area contributed by atoms with Crippen molar-refractivity contribution in [1.29, 1.82) is 0 Å². The second-order valence-electron chi connectivity index (χ2n) is 5.74. The number of nitrogens with zero attached hydrogens (tertiary/aromatic N) is 3. The van der Waals surface area contributed by atoms with E-state index >= 15 is 0 Å². The van der Waals surface area contributed by atoms with Crippen LogP contribution in [0.5, 0.6) is 0 Å². The molecule has 2 aromatic heterocycles. The SMILES string of the molecule is CC1CCCCN1CCCNCc1cn2ccsc2n1. The molecule has 20 heavy (non-hydrogen) atoms. The number of likely N-dealkylation sites (tertiary alicyclic amines) is 1. The Bertz CT molecular complexity index is 504. The highest BCUT2D eigenvalue weighted by Crippen LogP contribution is 2.16. The lowest BCUT2D eigenvalue weighted by Crippen LogP contribution is -2.38. The van der Waals surface area contributed by atoms with E-state index in [1.807, 2.05) is 0 Å². The minimum atomic E-state index is 0.781. The van der Waals surface area contributed by atoms with Gasteiger partial charge in [-0.3, -0.25) is 4.40 Å². The van der Waals surface area contributed by atoms with Gasteiger partial charge in [-0.05, 0) is 45.8 Å². The highest BCUT2D eigenvalue weighted by atomic mass is 32.1. The van der Waals surface area contributed by atoms with E-state index in [1.54, 1.807) is 11.3 Å². The molecule has 5 heteroatoms. The molecule has 1 atom stereocenters. The lowest BCUT2D eigenvalue weighted by molar-refractivity contribution is 0.159. The van der Waals surface area contributed by atoms with E-state index in [9.17, 15) is 0 Å². The average Bonchev–Trinajstić information content (AvgIpc) is 3.01. The van der Waals surface area contributed by atoms with Crippen molar-refractivity contribution in [2.24, 2.45) is 0 Å². The van der Waals surface area contributed by atoms with Gasteiger partial charge >= 0.3 is 0 Å². The molecule has 3 heterocycles. The van der Waals surface area contributed by atoms with Crippen molar-refractivity contribution in [2.45, 2.75) is 45.2 Å². The minimum absolute atomic E-state index is 0.781. The van der Waals surface area contributed by atoms with Crippen LogP contribution in [-0.2, 0) is 6.54 Å². The Kier molecular flexibility index (Phi) is 4.70. The summed E-state index contributed by atoms with van der Waals surface area (Å²) in [7, 11) is 0. The van der Waals surface area contributed by atoms with Crippen molar-refractivity contribution in [3.05, 3.63) is 23.5 Å². The molecule has 0 aliphatic carbocycles. The number of thiazole rings is 1. The third-order valence-corrected chi connectivity index (χ3v) is 4.96. The van der Waals surface area contributed by atoms with Crippen LogP contribution in [0, 0.1) is 0 Å². The van der Waals surface area contributed by atoms with Crippen molar-refractivity contribution in [3.63, 3.8) is 0 Å². The summed E-state index contributed by atoms with van der Waals surface area (Å²) in [5.74, 6) is 0. The van der Waals surface area contributed by atoms with Crippen LogP contribution < -0.4 is 5.32 Å². The summed E-state index contributed by atoms with van der Waals surface area (Å²) < 4.78 is 2.09. The fourth-order valence-corrected chi connectivity index (χ4v) is 3.69. The molecule has 1 unspecified atom stereocenters. The largest absolute Gasteiger partial charge is 0.311 e. The van der Waals surface area contributed by atoms with Crippen LogP contribution in [0.25, 0.3) is 4.96 Å². The number of fused-ring (bicyclic) bond motifs is 1. The van der Waals surface area contributed by atoms with Gasteiger partial charge in [-0.2, -0.15) is 0 Å². The van der Waals surface area contributed by atoms with E-state index in [0.29, 0.717) is 0 Å². The highest BCUT2D eigenvalue weighted by Gasteiger charge is 2.16. The first-order valence-corrected chi connectivity index (χ1v) is 8.57. The maximum atomic E-state index is 4.58. The Morgan fingerprint density at radius 2 is 2.40 bits per heavy atom. The predicted octanol–water partition coefficient (Wildman–Crippen LogP) is 2.75. The van der Waals surface area contributed by atoms with Crippen molar-refractivity contribution in [1.82, 2.24) is 19.6 Å². The molecule has 2 aromatic rings. The van der Waals surface area contributed by atoms with Gasteiger partial charge in [-0.15, -0.1) is 11.3 Å². The van der Waals surface area contributed by atoms with E-state index in [-0.39, 0.29) is 0 Å². The van der Waals surface area contributed by atoms with Gasteiger partial charge < -0.3 is 10.2 Å². The van der Waals surface area contributed by atoms with E-state index in [0.717, 1.165) is 29.8 Å². The molecular weight excluding hydrogens is 268 g/mol. The Hall–Kier alpha value is -0.910. The zero-order valence-electron chi connectivity index (χ0n) is 12.2. The van der Waals surface area contributed by atoms with Crippen LogP contribution in [0.4, 0.5) is 0 Å². The summed E-state index contributed by atoms with van der Waals surface area (Å²) >= 11 is 1.69. The molecule has 4 nitrogen and oxygen atoms in total. The zero-order chi connectivity index (χ0) is 13.8. The maximum Gasteiger partial charge on any atom is 0.193 e. The Labute approximate surface area is 124 Å². The first-order chi connectivity index (χ1) is 9.83. The second-order valence-corrected chi connectivity index (χ2v) is 6.61. The fourth-order valence-electron chi connectivity index (χ4n) is 2.97. The van der Waals surface area contributed by atoms with E-state index < -0.39 is 0 Å². The molecule has 0 bridgehead atoms. The number of hydrogen-bond acceptors (Lipinski definition) is 4. The minimum Gasteiger partial charge on any atom is -0.311 e. The maximum absolute atomic E-state index is 4.58. The number of imidazole rings is 1. The molecule has 0 aromatic carbocycles. The number of nitrogens with one attached hydrogen (secondary N) is 1. The molecule has 0 radical (unpaired) electrons. The molecule has 0 amide bonds.